The molecule has 9 heteroatoms. The first-order valence-corrected chi connectivity index (χ1v) is 10.4. The van der Waals surface area contributed by atoms with Gasteiger partial charge in [0.2, 0.25) is 11.8 Å². The minimum absolute atomic E-state index is 0.0713. The van der Waals surface area contributed by atoms with Gasteiger partial charge in [0.1, 0.15) is 17.3 Å². The number of aryl methyl sites for hydroxylation is 3. The third kappa shape index (κ3) is 5.29. The van der Waals surface area contributed by atoms with Gasteiger partial charge in [0.25, 0.3) is 0 Å². The molecule has 0 saturated carbocycles. The molecule has 0 radical (unpaired) electrons. The van der Waals surface area contributed by atoms with Gasteiger partial charge in [-0.3, -0.25) is 4.79 Å². The summed E-state index contributed by atoms with van der Waals surface area (Å²) < 4.78 is 35.3. The van der Waals surface area contributed by atoms with E-state index in [2.05, 4.69) is 15.5 Å². The molecule has 0 spiro atoms. The van der Waals surface area contributed by atoms with Crippen molar-refractivity contribution in [3.8, 4) is 0 Å². The zero-order valence-electron chi connectivity index (χ0n) is 15.6. The Kier molecular flexibility index (Phi) is 5.93. The van der Waals surface area contributed by atoms with Crippen LogP contribution in [0, 0.1) is 13.8 Å². The molecule has 148 valence electrons. The summed E-state index contributed by atoms with van der Waals surface area (Å²) in [5, 5.41) is 6.44. The molecule has 2 heterocycles. The molecule has 0 atom stereocenters. The van der Waals surface area contributed by atoms with Crippen molar-refractivity contribution in [3.63, 3.8) is 0 Å². The summed E-state index contributed by atoms with van der Waals surface area (Å²) in [6.45, 7) is 4.02. The molecule has 1 amide bonds. The summed E-state index contributed by atoms with van der Waals surface area (Å²) in [5.41, 5.74) is 0.973. The van der Waals surface area contributed by atoms with Crippen molar-refractivity contribution < 1.29 is 22.2 Å². The third-order valence-corrected chi connectivity index (χ3v) is 5.66. The molecule has 3 rings (SSSR count). The fourth-order valence-electron chi connectivity index (χ4n) is 2.52. The number of rotatable bonds is 8. The number of sulfone groups is 1. The quantitative estimate of drug-likeness (QED) is 0.614. The molecule has 8 nitrogen and oxygen atoms in total. The number of nitrogens with one attached hydrogen (secondary N) is 1. The van der Waals surface area contributed by atoms with Gasteiger partial charge in [-0.1, -0.05) is 22.9 Å². The van der Waals surface area contributed by atoms with Crippen LogP contribution in [0.2, 0.25) is 0 Å². The summed E-state index contributed by atoms with van der Waals surface area (Å²) in [5.74, 6) is 1.19. The smallest absolute Gasteiger partial charge is 0.227 e. The monoisotopic (exact) mass is 403 g/mol. The molecule has 0 unspecified atom stereocenters. The molecule has 0 aliphatic rings. The number of hydrogen-bond donors (Lipinski definition) is 1. The third-order valence-electron chi connectivity index (χ3n) is 4.03. The average Bonchev–Trinajstić information content (AvgIpc) is 3.27. The van der Waals surface area contributed by atoms with Crippen molar-refractivity contribution in [2.24, 2.45) is 0 Å². The topological polar surface area (TPSA) is 115 Å². The number of carbonyl (C=O) groups excluding carboxylic acids is 1. The van der Waals surface area contributed by atoms with E-state index in [9.17, 15) is 13.2 Å². The van der Waals surface area contributed by atoms with E-state index in [1.807, 2.05) is 19.9 Å². The Labute approximate surface area is 162 Å². The Morgan fingerprint density at radius 3 is 2.54 bits per heavy atom. The van der Waals surface area contributed by atoms with Gasteiger partial charge in [-0.25, -0.2) is 8.42 Å². The first kappa shape index (κ1) is 19.8. The number of aromatic nitrogens is 2. The lowest BCUT2D eigenvalue weighted by Crippen LogP contribution is -2.22. The van der Waals surface area contributed by atoms with Crippen LogP contribution in [0.25, 0.3) is 0 Å². The second-order valence-corrected chi connectivity index (χ2v) is 8.46. The van der Waals surface area contributed by atoms with Crippen LogP contribution in [0.1, 0.15) is 35.2 Å². The normalized spacial score (nSPS) is 11.5. The Balaban J connectivity index is 1.51. The largest absolute Gasteiger partial charge is 0.465 e. The van der Waals surface area contributed by atoms with E-state index in [1.165, 1.54) is 0 Å². The summed E-state index contributed by atoms with van der Waals surface area (Å²) in [4.78, 5) is 16.2. The van der Waals surface area contributed by atoms with Crippen molar-refractivity contribution in [2.45, 2.75) is 43.9 Å². The van der Waals surface area contributed by atoms with E-state index in [-0.39, 0.29) is 41.1 Å². The fraction of sp³-hybridized carbons (Fsp3) is 0.316. The number of hydrogen-bond acceptors (Lipinski definition) is 7. The Morgan fingerprint density at radius 1 is 1.11 bits per heavy atom. The van der Waals surface area contributed by atoms with Crippen molar-refractivity contribution in [1.29, 1.82) is 0 Å². The van der Waals surface area contributed by atoms with Gasteiger partial charge in [-0.05, 0) is 38.1 Å². The highest BCUT2D eigenvalue weighted by Gasteiger charge is 2.19. The molecule has 1 aromatic carbocycles. The highest BCUT2D eigenvalue weighted by molar-refractivity contribution is 7.90. The SMILES string of the molecule is Cc1ccc(S(=O)(=O)Cc2noc(CCC(=O)NCc3ccc(C)o3)n2)cc1. The second kappa shape index (κ2) is 8.39. The van der Waals surface area contributed by atoms with Gasteiger partial charge in [0.15, 0.2) is 15.7 Å². The standard InChI is InChI=1S/C19H21N3O5S/c1-13-3-7-16(8-4-13)28(24,25)12-17-21-19(27-22-17)10-9-18(23)20-11-15-6-5-14(2)26-15/h3-8H,9-12H2,1-2H3,(H,20,23). The zero-order chi connectivity index (χ0) is 20.1. The first-order chi connectivity index (χ1) is 13.3. The Morgan fingerprint density at radius 2 is 1.86 bits per heavy atom. The van der Waals surface area contributed by atoms with Crippen LogP contribution in [0.5, 0.6) is 0 Å². The molecule has 0 aliphatic heterocycles. The van der Waals surface area contributed by atoms with Crippen molar-refractivity contribution in [2.75, 3.05) is 0 Å². The number of benzene rings is 1. The van der Waals surface area contributed by atoms with Crippen LogP contribution >= 0.6 is 0 Å². The van der Waals surface area contributed by atoms with Crippen LogP contribution in [0.4, 0.5) is 0 Å². The average molecular weight is 403 g/mol. The minimum atomic E-state index is -3.56. The first-order valence-electron chi connectivity index (χ1n) is 8.75. The Hall–Kier alpha value is -2.94. The van der Waals surface area contributed by atoms with Gasteiger partial charge in [-0.15, -0.1) is 0 Å². The molecule has 28 heavy (non-hydrogen) atoms. The van der Waals surface area contributed by atoms with Gasteiger partial charge in [0, 0.05) is 12.8 Å². The summed E-state index contributed by atoms with van der Waals surface area (Å²) in [6.07, 6.45) is 0.368. The second-order valence-electron chi connectivity index (χ2n) is 6.47. The minimum Gasteiger partial charge on any atom is -0.465 e. The predicted molar refractivity (Wildman–Crippen MR) is 100.0 cm³/mol. The lowest BCUT2D eigenvalue weighted by Gasteiger charge is -2.02. The van der Waals surface area contributed by atoms with E-state index >= 15 is 0 Å². The summed E-state index contributed by atoms with van der Waals surface area (Å²) in [7, 11) is -3.56. The van der Waals surface area contributed by atoms with Crippen molar-refractivity contribution in [3.05, 3.63) is 65.2 Å². The molecular weight excluding hydrogens is 382 g/mol. The van der Waals surface area contributed by atoms with Crippen molar-refractivity contribution >= 4 is 15.7 Å². The lowest BCUT2D eigenvalue weighted by atomic mass is 10.2. The van der Waals surface area contributed by atoms with E-state index in [0.29, 0.717) is 12.3 Å². The number of amides is 1. The van der Waals surface area contributed by atoms with Gasteiger partial charge >= 0.3 is 0 Å². The highest BCUT2D eigenvalue weighted by Crippen LogP contribution is 2.16. The number of carbonyl (C=O) groups is 1. The Bertz CT molecular complexity index is 1050. The summed E-state index contributed by atoms with van der Waals surface area (Å²) >= 11 is 0. The predicted octanol–water partition coefficient (Wildman–Crippen LogP) is 2.50. The van der Waals surface area contributed by atoms with E-state index in [1.54, 1.807) is 30.3 Å². The molecule has 0 fully saturated rings. The zero-order valence-corrected chi connectivity index (χ0v) is 16.5. The van der Waals surface area contributed by atoms with E-state index in [0.717, 1.165) is 11.3 Å². The van der Waals surface area contributed by atoms with Crippen LogP contribution in [0.3, 0.4) is 0 Å². The maximum absolute atomic E-state index is 12.4. The van der Waals surface area contributed by atoms with E-state index < -0.39 is 9.84 Å². The van der Waals surface area contributed by atoms with Crippen LogP contribution in [-0.4, -0.2) is 24.5 Å². The van der Waals surface area contributed by atoms with Crippen molar-refractivity contribution in [1.82, 2.24) is 15.5 Å². The molecule has 3 aromatic rings. The number of nitrogens with zero attached hydrogens (tertiary/aromatic N) is 2. The molecule has 1 N–H and O–H groups in total. The van der Waals surface area contributed by atoms with E-state index in [4.69, 9.17) is 8.94 Å². The molecule has 2 aromatic heterocycles. The van der Waals surface area contributed by atoms with Crippen LogP contribution in [0.15, 0.2) is 50.2 Å². The molecular formula is C19H21N3O5S. The highest BCUT2D eigenvalue weighted by atomic mass is 32.2. The summed E-state index contributed by atoms with van der Waals surface area (Å²) in [6, 6.07) is 10.2. The fourth-order valence-corrected chi connectivity index (χ4v) is 3.70. The van der Waals surface area contributed by atoms with Gasteiger partial charge in [-0.2, -0.15) is 4.98 Å². The van der Waals surface area contributed by atoms with Gasteiger partial charge < -0.3 is 14.3 Å². The van der Waals surface area contributed by atoms with Crippen LogP contribution in [-0.2, 0) is 33.4 Å². The molecule has 0 aliphatic carbocycles. The maximum atomic E-state index is 12.4. The molecule has 0 bridgehead atoms. The van der Waals surface area contributed by atoms with Gasteiger partial charge in [0.05, 0.1) is 11.4 Å². The van der Waals surface area contributed by atoms with Crippen LogP contribution < -0.4 is 5.32 Å². The molecule has 0 saturated heterocycles. The lowest BCUT2D eigenvalue weighted by molar-refractivity contribution is -0.121. The number of furan rings is 1. The maximum Gasteiger partial charge on any atom is 0.227 e.